The molecule has 6 nitrogen and oxygen atoms in total. The molecule has 1 heterocycles. The first kappa shape index (κ1) is 11.0. The van der Waals surface area contributed by atoms with E-state index in [1.807, 2.05) is 13.0 Å². The molecule has 0 saturated heterocycles. The van der Waals surface area contributed by atoms with Gasteiger partial charge in [0.2, 0.25) is 5.91 Å². The fourth-order valence-electron chi connectivity index (χ4n) is 0.870. The van der Waals surface area contributed by atoms with Crippen molar-refractivity contribution in [1.82, 2.24) is 10.3 Å². The molecule has 0 spiro atoms. The van der Waals surface area contributed by atoms with E-state index in [0.717, 1.165) is 5.56 Å². The van der Waals surface area contributed by atoms with E-state index >= 15 is 0 Å². The summed E-state index contributed by atoms with van der Waals surface area (Å²) < 4.78 is 0. The van der Waals surface area contributed by atoms with Crippen molar-refractivity contribution in [3.8, 4) is 0 Å². The molecular formula is C9H12N4O2. The van der Waals surface area contributed by atoms with Gasteiger partial charge in [-0.15, -0.1) is 0 Å². The minimum atomic E-state index is -0.595. The van der Waals surface area contributed by atoms with E-state index in [-0.39, 0.29) is 6.54 Å². The van der Waals surface area contributed by atoms with Crippen LogP contribution in [0.3, 0.4) is 0 Å². The number of rotatable bonds is 3. The molecule has 1 aromatic rings. The summed E-state index contributed by atoms with van der Waals surface area (Å²) in [6, 6.07) is 2.97. The SMILES string of the molecule is Cc1ccc(NC(=O)NCC(N)=O)nc1. The highest BCUT2D eigenvalue weighted by atomic mass is 16.2. The highest BCUT2D eigenvalue weighted by molar-refractivity contribution is 5.91. The van der Waals surface area contributed by atoms with Crippen LogP contribution in [0, 0.1) is 6.92 Å². The predicted molar refractivity (Wildman–Crippen MR) is 55.2 cm³/mol. The fraction of sp³-hybridized carbons (Fsp3) is 0.222. The number of anilines is 1. The van der Waals surface area contributed by atoms with Crippen molar-refractivity contribution in [3.63, 3.8) is 0 Å². The van der Waals surface area contributed by atoms with Gasteiger partial charge in [-0.05, 0) is 18.6 Å². The standard InChI is InChI=1S/C9H12N4O2/c1-6-2-3-8(11-4-6)13-9(15)12-5-7(10)14/h2-4H,5H2,1H3,(H2,10,14)(H2,11,12,13,15). The lowest BCUT2D eigenvalue weighted by Gasteiger charge is -2.04. The molecule has 0 bridgehead atoms. The van der Waals surface area contributed by atoms with Crippen molar-refractivity contribution in [2.75, 3.05) is 11.9 Å². The Kier molecular flexibility index (Phi) is 3.61. The second-order valence-electron chi connectivity index (χ2n) is 2.99. The average Bonchev–Trinajstić information content (AvgIpc) is 2.19. The Balaban J connectivity index is 2.44. The van der Waals surface area contributed by atoms with Gasteiger partial charge in [0, 0.05) is 6.20 Å². The molecule has 0 aliphatic carbocycles. The summed E-state index contributed by atoms with van der Waals surface area (Å²) >= 11 is 0. The molecule has 0 unspecified atom stereocenters. The third-order valence-electron chi connectivity index (χ3n) is 1.58. The molecular weight excluding hydrogens is 196 g/mol. The molecule has 1 rings (SSSR count). The average molecular weight is 208 g/mol. The van der Waals surface area contributed by atoms with E-state index in [2.05, 4.69) is 15.6 Å². The summed E-state index contributed by atoms with van der Waals surface area (Å²) in [7, 11) is 0. The van der Waals surface area contributed by atoms with Crippen LogP contribution in [0.1, 0.15) is 5.56 Å². The molecule has 0 fully saturated rings. The first-order chi connectivity index (χ1) is 7.08. The van der Waals surface area contributed by atoms with Gasteiger partial charge in [0.25, 0.3) is 0 Å². The topological polar surface area (TPSA) is 97.1 Å². The van der Waals surface area contributed by atoms with Crippen LogP contribution in [-0.2, 0) is 4.79 Å². The number of hydrogen-bond donors (Lipinski definition) is 3. The Labute approximate surface area is 86.9 Å². The normalized spacial score (nSPS) is 9.40. The number of hydrogen-bond acceptors (Lipinski definition) is 3. The lowest BCUT2D eigenvalue weighted by Crippen LogP contribution is -2.36. The van der Waals surface area contributed by atoms with E-state index in [0.29, 0.717) is 5.82 Å². The maximum Gasteiger partial charge on any atom is 0.320 e. The number of primary amides is 1. The Morgan fingerprint density at radius 3 is 2.73 bits per heavy atom. The minimum absolute atomic E-state index is 0.197. The molecule has 0 saturated carbocycles. The number of amides is 3. The van der Waals surface area contributed by atoms with Gasteiger partial charge < -0.3 is 11.1 Å². The largest absolute Gasteiger partial charge is 0.368 e. The molecule has 15 heavy (non-hydrogen) atoms. The van der Waals surface area contributed by atoms with E-state index in [1.165, 1.54) is 0 Å². The van der Waals surface area contributed by atoms with Crippen LogP contribution in [0.15, 0.2) is 18.3 Å². The van der Waals surface area contributed by atoms with Gasteiger partial charge in [-0.2, -0.15) is 0 Å². The van der Waals surface area contributed by atoms with Crippen molar-refractivity contribution in [3.05, 3.63) is 23.9 Å². The predicted octanol–water partition coefficient (Wildman–Crippen LogP) is -0.00318. The number of aryl methyl sites for hydroxylation is 1. The molecule has 6 heteroatoms. The molecule has 0 aliphatic rings. The van der Waals surface area contributed by atoms with Crippen LogP contribution in [0.2, 0.25) is 0 Å². The smallest absolute Gasteiger partial charge is 0.320 e. The third-order valence-corrected chi connectivity index (χ3v) is 1.58. The summed E-state index contributed by atoms with van der Waals surface area (Å²) in [6.45, 7) is 1.70. The number of nitrogens with one attached hydrogen (secondary N) is 2. The van der Waals surface area contributed by atoms with Crippen LogP contribution in [0.4, 0.5) is 10.6 Å². The van der Waals surface area contributed by atoms with E-state index in [9.17, 15) is 9.59 Å². The van der Waals surface area contributed by atoms with Gasteiger partial charge >= 0.3 is 6.03 Å². The molecule has 3 amide bonds. The van der Waals surface area contributed by atoms with Crippen LogP contribution in [0.5, 0.6) is 0 Å². The summed E-state index contributed by atoms with van der Waals surface area (Å²) in [5.74, 6) is -0.176. The number of pyridine rings is 1. The van der Waals surface area contributed by atoms with Gasteiger partial charge in [-0.3, -0.25) is 10.1 Å². The van der Waals surface area contributed by atoms with Crippen molar-refractivity contribution in [2.24, 2.45) is 5.73 Å². The second kappa shape index (κ2) is 4.94. The van der Waals surface area contributed by atoms with Crippen molar-refractivity contribution < 1.29 is 9.59 Å². The van der Waals surface area contributed by atoms with Crippen LogP contribution >= 0.6 is 0 Å². The van der Waals surface area contributed by atoms with Gasteiger partial charge in [-0.25, -0.2) is 9.78 Å². The molecule has 0 aromatic carbocycles. The van der Waals surface area contributed by atoms with Crippen molar-refractivity contribution >= 4 is 17.8 Å². The highest BCUT2D eigenvalue weighted by Gasteiger charge is 2.02. The number of carbonyl (C=O) groups excluding carboxylic acids is 2. The highest BCUT2D eigenvalue weighted by Crippen LogP contribution is 2.02. The molecule has 0 radical (unpaired) electrons. The second-order valence-corrected chi connectivity index (χ2v) is 2.99. The number of carbonyl (C=O) groups is 2. The lowest BCUT2D eigenvalue weighted by atomic mass is 10.3. The van der Waals surface area contributed by atoms with E-state index < -0.39 is 11.9 Å². The van der Waals surface area contributed by atoms with Crippen LogP contribution in [0.25, 0.3) is 0 Å². The van der Waals surface area contributed by atoms with Gasteiger partial charge in [0.1, 0.15) is 5.82 Å². The van der Waals surface area contributed by atoms with Crippen LogP contribution < -0.4 is 16.4 Å². The molecule has 1 aromatic heterocycles. The molecule has 0 atom stereocenters. The van der Waals surface area contributed by atoms with E-state index in [1.54, 1.807) is 12.3 Å². The van der Waals surface area contributed by atoms with Gasteiger partial charge in [0.15, 0.2) is 0 Å². The fourth-order valence-corrected chi connectivity index (χ4v) is 0.870. The Morgan fingerprint density at radius 1 is 1.47 bits per heavy atom. The number of nitrogens with two attached hydrogens (primary N) is 1. The Bertz CT molecular complexity index is 361. The Hall–Kier alpha value is -2.11. The van der Waals surface area contributed by atoms with E-state index in [4.69, 9.17) is 5.73 Å². The molecule has 0 aliphatic heterocycles. The summed E-state index contributed by atoms with van der Waals surface area (Å²) in [4.78, 5) is 25.5. The van der Waals surface area contributed by atoms with Gasteiger partial charge in [-0.1, -0.05) is 6.07 Å². The third kappa shape index (κ3) is 4.08. The number of nitrogens with zero attached hydrogens (tertiary/aromatic N) is 1. The quantitative estimate of drug-likeness (QED) is 0.652. The number of urea groups is 1. The Morgan fingerprint density at radius 2 is 2.20 bits per heavy atom. The monoisotopic (exact) mass is 208 g/mol. The minimum Gasteiger partial charge on any atom is -0.368 e. The maximum absolute atomic E-state index is 11.1. The lowest BCUT2D eigenvalue weighted by molar-refractivity contribution is -0.117. The maximum atomic E-state index is 11.1. The zero-order valence-electron chi connectivity index (χ0n) is 8.28. The summed E-state index contributed by atoms with van der Waals surface area (Å²) in [6.07, 6.45) is 1.63. The van der Waals surface area contributed by atoms with Crippen molar-refractivity contribution in [1.29, 1.82) is 0 Å². The number of aromatic nitrogens is 1. The summed E-state index contributed by atoms with van der Waals surface area (Å²) in [5, 5.41) is 4.74. The zero-order chi connectivity index (χ0) is 11.3. The molecule has 80 valence electrons. The van der Waals surface area contributed by atoms with Crippen molar-refractivity contribution in [2.45, 2.75) is 6.92 Å². The molecule has 4 N–H and O–H groups in total. The summed E-state index contributed by atoms with van der Waals surface area (Å²) in [5.41, 5.74) is 5.86. The van der Waals surface area contributed by atoms with Crippen LogP contribution in [-0.4, -0.2) is 23.5 Å². The first-order valence-electron chi connectivity index (χ1n) is 4.34. The van der Waals surface area contributed by atoms with Gasteiger partial charge in [0.05, 0.1) is 6.54 Å². The zero-order valence-corrected chi connectivity index (χ0v) is 8.28. The first-order valence-corrected chi connectivity index (χ1v) is 4.34.